The number of rotatable bonds is 5. The molecule has 1 unspecified atom stereocenters. The summed E-state index contributed by atoms with van der Waals surface area (Å²) in [6.07, 6.45) is 3.52. The Morgan fingerprint density at radius 1 is 1.42 bits per heavy atom. The van der Waals surface area contributed by atoms with E-state index in [-0.39, 0.29) is 17.6 Å². The fraction of sp³-hybridized carbons (Fsp3) is 0.429. The molecule has 1 atom stereocenters. The molecule has 1 aromatic carbocycles. The van der Waals surface area contributed by atoms with Gasteiger partial charge in [0, 0.05) is 11.7 Å². The molecule has 0 heterocycles. The lowest BCUT2D eigenvalue weighted by molar-refractivity contribution is 0.0697. The van der Waals surface area contributed by atoms with E-state index in [9.17, 15) is 9.59 Å². The van der Waals surface area contributed by atoms with Gasteiger partial charge in [0.2, 0.25) is 0 Å². The highest BCUT2D eigenvalue weighted by Crippen LogP contribution is 2.33. The van der Waals surface area contributed by atoms with Crippen LogP contribution in [0.25, 0.3) is 0 Å². The van der Waals surface area contributed by atoms with Crippen LogP contribution in [-0.2, 0) is 0 Å². The molecular formula is C14H18N2O3. The molecule has 0 saturated heterocycles. The predicted molar refractivity (Wildman–Crippen MR) is 72.4 cm³/mol. The summed E-state index contributed by atoms with van der Waals surface area (Å²) in [5, 5.41) is 14.4. The van der Waals surface area contributed by atoms with E-state index >= 15 is 0 Å². The molecule has 2 rings (SSSR count). The molecule has 19 heavy (non-hydrogen) atoms. The van der Waals surface area contributed by atoms with Crippen molar-refractivity contribution in [3.8, 4) is 0 Å². The molecule has 0 bridgehead atoms. The summed E-state index contributed by atoms with van der Waals surface area (Å²) >= 11 is 0. The summed E-state index contributed by atoms with van der Waals surface area (Å²) < 4.78 is 0. The maximum atomic E-state index is 11.7. The normalized spacial score (nSPS) is 15.6. The maximum absolute atomic E-state index is 11.7. The van der Waals surface area contributed by atoms with Crippen molar-refractivity contribution in [2.24, 2.45) is 5.92 Å². The smallest absolute Gasteiger partial charge is 0.335 e. The van der Waals surface area contributed by atoms with E-state index < -0.39 is 5.97 Å². The number of hydrogen-bond acceptors (Lipinski definition) is 2. The summed E-state index contributed by atoms with van der Waals surface area (Å²) in [5.74, 6) is -0.253. The molecule has 0 aromatic heterocycles. The number of amides is 2. The third-order valence-electron chi connectivity index (χ3n) is 3.13. The summed E-state index contributed by atoms with van der Waals surface area (Å²) in [6.45, 7) is 1.98. The zero-order valence-electron chi connectivity index (χ0n) is 10.8. The summed E-state index contributed by atoms with van der Waals surface area (Å²) in [5.41, 5.74) is 0.639. The van der Waals surface area contributed by atoms with Crippen molar-refractivity contribution in [3.63, 3.8) is 0 Å². The molecule has 5 nitrogen and oxygen atoms in total. The highest BCUT2D eigenvalue weighted by Gasteiger charge is 2.24. The molecule has 2 amide bonds. The Morgan fingerprint density at radius 2 is 2.16 bits per heavy atom. The van der Waals surface area contributed by atoms with Crippen molar-refractivity contribution in [1.29, 1.82) is 0 Å². The van der Waals surface area contributed by atoms with Gasteiger partial charge in [-0.1, -0.05) is 18.9 Å². The first-order valence-corrected chi connectivity index (χ1v) is 6.45. The van der Waals surface area contributed by atoms with Crippen LogP contribution in [0.4, 0.5) is 10.5 Å². The van der Waals surface area contributed by atoms with Gasteiger partial charge in [-0.2, -0.15) is 0 Å². The Kier molecular flexibility index (Phi) is 4.04. The Bertz CT molecular complexity index is 483. The molecular weight excluding hydrogens is 244 g/mol. The number of aromatic carboxylic acids is 1. The number of nitrogens with one attached hydrogen (secondary N) is 2. The minimum Gasteiger partial charge on any atom is -0.478 e. The van der Waals surface area contributed by atoms with E-state index in [0.717, 1.165) is 12.3 Å². The monoisotopic (exact) mass is 262 g/mol. The number of anilines is 1. The highest BCUT2D eigenvalue weighted by atomic mass is 16.4. The molecule has 0 radical (unpaired) electrons. The van der Waals surface area contributed by atoms with E-state index in [1.165, 1.54) is 25.0 Å². The van der Waals surface area contributed by atoms with Gasteiger partial charge in [0.25, 0.3) is 0 Å². The van der Waals surface area contributed by atoms with Crippen LogP contribution in [-0.4, -0.2) is 23.1 Å². The Hall–Kier alpha value is -2.04. The number of hydrogen-bond donors (Lipinski definition) is 3. The second-order valence-corrected chi connectivity index (χ2v) is 5.06. The fourth-order valence-electron chi connectivity index (χ4n) is 2.03. The van der Waals surface area contributed by atoms with Crippen molar-refractivity contribution in [3.05, 3.63) is 29.8 Å². The largest absolute Gasteiger partial charge is 0.478 e. The van der Waals surface area contributed by atoms with E-state index in [1.807, 2.05) is 6.92 Å². The first kappa shape index (κ1) is 13.4. The lowest BCUT2D eigenvalue weighted by Gasteiger charge is -2.14. The second-order valence-electron chi connectivity index (χ2n) is 5.06. The van der Waals surface area contributed by atoms with E-state index in [4.69, 9.17) is 5.11 Å². The lowest BCUT2D eigenvalue weighted by Crippen LogP contribution is -2.36. The van der Waals surface area contributed by atoms with Crippen molar-refractivity contribution in [2.45, 2.75) is 32.2 Å². The zero-order chi connectivity index (χ0) is 13.8. The lowest BCUT2D eigenvalue weighted by atomic mass is 10.1. The van der Waals surface area contributed by atoms with E-state index in [2.05, 4.69) is 10.6 Å². The number of urea groups is 1. The Labute approximate surface area is 112 Å². The Balaban J connectivity index is 1.86. The first-order valence-electron chi connectivity index (χ1n) is 6.45. The number of carboxylic acid groups (broad SMARTS) is 1. The molecule has 5 heteroatoms. The van der Waals surface area contributed by atoms with Gasteiger partial charge in [-0.3, -0.25) is 0 Å². The van der Waals surface area contributed by atoms with E-state index in [1.54, 1.807) is 12.1 Å². The number of carboxylic acids is 1. The van der Waals surface area contributed by atoms with Gasteiger partial charge in [-0.25, -0.2) is 9.59 Å². The van der Waals surface area contributed by atoms with Crippen molar-refractivity contribution >= 4 is 17.7 Å². The van der Waals surface area contributed by atoms with E-state index in [0.29, 0.717) is 5.69 Å². The first-order chi connectivity index (χ1) is 9.04. The summed E-state index contributed by atoms with van der Waals surface area (Å²) in [6, 6.07) is 6.03. The third kappa shape index (κ3) is 4.28. The summed E-state index contributed by atoms with van der Waals surface area (Å²) in [4.78, 5) is 22.6. The van der Waals surface area contributed by atoms with Crippen LogP contribution >= 0.6 is 0 Å². The second kappa shape index (κ2) is 5.73. The van der Waals surface area contributed by atoms with Crippen LogP contribution < -0.4 is 10.6 Å². The van der Waals surface area contributed by atoms with Gasteiger partial charge < -0.3 is 15.7 Å². The fourth-order valence-corrected chi connectivity index (χ4v) is 2.03. The molecule has 1 aliphatic carbocycles. The Morgan fingerprint density at radius 3 is 2.79 bits per heavy atom. The molecule has 0 spiro atoms. The third-order valence-corrected chi connectivity index (χ3v) is 3.13. The average Bonchev–Trinajstić information content (AvgIpc) is 3.12. The van der Waals surface area contributed by atoms with Crippen LogP contribution in [0, 0.1) is 5.92 Å². The zero-order valence-corrected chi connectivity index (χ0v) is 10.8. The van der Waals surface area contributed by atoms with Gasteiger partial charge in [0.15, 0.2) is 0 Å². The van der Waals surface area contributed by atoms with Gasteiger partial charge in [-0.15, -0.1) is 0 Å². The van der Waals surface area contributed by atoms with Crippen molar-refractivity contribution in [1.82, 2.24) is 5.32 Å². The average molecular weight is 262 g/mol. The number of carbonyl (C=O) groups excluding carboxylic acids is 1. The molecule has 102 valence electrons. The predicted octanol–water partition coefficient (Wildman–Crippen LogP) is 2.69. The van der Waals surface area contributed by atoms with Crippen molar-refractivity contribution < 1.29 is 14.7 Å². The minimum atomic E-state index is -1.01. The minimum absolute atomic E-state index is 0.134. The van der Waals surface area contributed by atoms with Gasteiger partial charge in [-0.05, 0) is 37.5 Å². The van der Waals surface area contributed by atoms with Gasteiger partial charge in [0.1, 0.15) is 0 Å². The molecule has 1 saturated carbocycles. The van der Waals surface area contributed by atoms with Gasteiger partial charge >= 0.3 is 12.0 Å². The summed E-state index contributed by atoms with van der Waals surface area (Å²) in [7, 11) is 0. The van der Waals surface area contributed by atoms with Crippen LogP contribution in [0.5, 0.6) is 0 Å². The number of benzene rings is 1. The van der Waals surface area contributed by atoms with Crippen LogP contribution in [0.1, 0.15) is 36.5 Å². The van der Waals surface area contributed by atoms with Crippen LogP contribution in [0.15, 0.2) is 24.3 Å². The topological polar surface area (TPSA) is 78.4 Å². The number of carbonyl (C=O) groups is 2. The van der Waals surface area contributed by atoms with Crippen LogP contribution in [0.3, 0.4) is 0 Å². The standard InChI is InChI=1S/C14H18N2O3/c1-9(7-10-5-6-10)15-14(19)16-12-4-2-3-11(8-12)13(17)18/h2-4,8-10H,5-7H2,1H3,(H,17,18)(H2,15,16,19). The molecule has 3 N–H and O–H groups in total. The molecule has 1 aliphatic rings. The quantitative estimate of drug-likeness (QED) is 0.763. The van der Waals surface area contributed by atoms with Gasteiger partial charge in [0.05, 0.1) is 5.56 Å². The highest BCUT2D eigenvalue weighted by molar-refractivity contribution is 5.93. The molecule has 1 fully saturated rings. The van der Waals surface area contributed by atoms with Crippen molar-refractivity contribution in [2.75, 3.05) is 5.32 Å². The molecule has 1 aromatic rings. The maximum Gasteiger partial charge on any atom is 0.335 e. The molecule has 0 aliphatic heterocycles. The SMILES string of the molecule is CC(CC1CC1)NC(=O)Nc1cccc(C(=O)O)c1. The van der Waals surface area contributed by atoms with Crippen LogP contribution in [0.2, 0.25) is 0 Å².